The molecule has 1 heterocycles. The molecular formula is C19H23N3O2. The lowest BCUT2D eigenvalue weighted by Crippen LogP contribution is -2.36. The number of carbonyl (C=O) groups is 1. The predicted octanol–water partition coefficient (Wildman–Crippen LogP) is 3.19. The molecule has 2 aromatic carbocycles. The molecule has 0 atom stereocenters. The quantitative estimate of drug-likeness (QED) is 0.939. The van der Waals surface area contributed by atoms with Crippen LogP contribution in [0.15, 0.2) is 54.6 Å². The molecule has 0 radical (unpaired) electrons. The molecule has 1 saturated heterocycles. The first kappa shape index (κ1) is 16.3. The van der Waals surface area contributed by atoms with Gasteiger partial charge in [0, 0.05) is 38.1 Å². The number of hydrogen-bond donors (Lipinski definition) is 1. The summed E-state index contributed by atoms with van der Waals surface area (Å²) in [6, 6.07) is 17.8. The Balaban J connectivity index is 1.55. The van der Waals surface area contributed by atoms with Crippen molar-refractivity contribution in [1.82, 2.24) is 4.90 Å². The molecule has 0 unspecified atom stereocenters. The van der Waals surface area contributed by atoms with Crippen molar-refractivity contribution in [3.8, 4) is 0 Å². The van der Waals surface area contributed by atoms with Crippen molar-refractivity contribution in [2.45, 2.75) is 6.54 Å². The fourth-order valence-corrected chi connectivity index (χ4v) is 2.72. The smallest absolute Gasteiger partial charge is 0.321 e. The van der Waals surface area contributed by atoms with E-state index in [0.717, 1.165) is 37.6 Å². The zero-order valence-electron chi connectivity index (χ0n) is 13.9. The Hall–Kier alpha value is -2.53. The highest BCUT2D eigenvalue weighted by atomic mass is 16.5. The van der Waals surface area contributed by atoms with E-state index < -0.39 is 0 Å². The predicted molar refractivity (Wildman–Crippen MR) is 96.4 cm³/mol. The first-order valence-electron chi connectivity index (χ1n) is 8.21. The molecule has 0 aromatic heterocycles. The second-order valence-electron chi connectivity index (χ2n) is 5.92. The van der Waals surface area contributed by atoms with Crippen molar-refractivity contribution in [3.63, 3.8) is 0 Å². The standard InChI is InChI=1S/C19H23N3O2/c1-21(19(23)20-17-5-3-2-4-6-17)15-16-7-9-18(10-8-16)22-11-13-24-14-12-22/h2-10H,11-15H2,1H3,(H,20,23). The molecule has 0 aliphatic carbocycles. The highest BCUT2D eigenvalue weighted by molar-refractivity contribution is 5.89. The molecule has 5 nitrogen and oxygen atoms in total. The molecule has 0 bridgehead atoms. The van der Waals surface area contributed by atoms with Gasteiger partial charge in [0.2, 0.25) is 0 Å². The molecule has 0 spiro atoms. The summed E-state index contributed by atoms with van der Waals surface area (Å²) in [5.74, 6) is 0. The summed E-state index contributed by atoms with van der Waals surface area (Å²) in [7, 11) is 1.80. The average Bonchev–Trinajstić information content (AvgIpc) is 2.64. The summed E-state index contributed by atoms with van der Waals surface area (Å²) in [6.45, 7) is 3.99. The van der Waals surface area contributed by atoms with E-state index >= 15 is 0 Å². The number of hydrogen-bond acceptors (Lipinski definition) is 3. The van der Waals surface area contributed by atoms with Gasteiger partial charge in [0.25, 0.3) is 0 Å². The fraction of sp³-hybridized carbons (Fsp3) is 0.316. The van der Waals surface area contributed by atoms with Crippen LogP contribution in [-0.2, 0) is 11.3 Å². The third-order valence-electron chi connectivity index (χ3n) is 4.10. The number of amides is 2. The van der Waals surface area contributed by atoms with E-state index in [9.17, 15) is 4.79 Å². The molecule has 126 valence electrons. The van der Waals surface area contributed by atoms with Crippen LogP contribution in [0.3, 0.4) is 0 Å². The van der Waals surface area contributed by atoms with Gasteiger partial charge in [-0.15, -0.1) is 0 Å². The van der Waals surface area contributed by atoms with Crippen LogP contribution >= 0.6 is 0 Å². The van der Waals surface area contributed by atoms with Crippen LogP contribution in [0.4, 0.5) is 16.2 Å². The molecule has 0 saturated carbocycles. The van der Waals surface area contributed by atoms with Crippen molar-refractivity contribution in [1.29, 1.82) is 0 Å². The number of nitrogens with zero attached hydrogens (tertiary/aromatic N) is 2. The molecule has 1 fully saturated rings. The van der Waals surface area contributed by atoms with E-state index in [-0.39, 0.29) is 6.03 Å². The third-order valence-corrected chi connectivity index (χ3v) is 4.10. The van der Waals surface area contributed by atoms with Gasteiger partial charge in [0.05, 0.1) is 13.2 Å². The largest absolute Gasteiger partial charge is 0.378 e. The SMILES string of the molecule is CN(Cc1ccc(N2CCOCC2)cc1)C(=O)Nc1ccccc1. The number of nitrogens with one attached hydrogen (secondary N) is 1. The van der Waals surface area contributed by atoms with Crippen LogP contribution in [0.5, 0.6) is 0 Å². The van der Waals surface area contributed by atoms with Gasteiger partial charge in [-0.1, -0.05) is 30.3 Å². The minimum atomic E-state index is -0.113. The normalized spacial score (nSPS) is 14.3. The van der Waals surface area contributed by atoms with Crippen LogP contribution in [0.1, 0.15) is 5.56 Å². The first-order chi connectivity index (χ1) is 11.7. The van der Waals surface area contributed by atoms with Crippen molar-refractivity contribution in [2.24, 2.45) is 0 Å². The van der Waals surface area contributed by atoms with Gasteiger partial charge in [-0.25, -0.2) is 4.79 Å². The Kier molecular flexibility index (Phi) is 5.33. The Morgan fingerprint density at radius 2 is 1.75 bits per heavy atom. The number of carbonyl (C=O) groups excluding carboxylic acids is 1. The van der Waals surface area contributed by atoms with Gasteiger partial charge in [0.15, 0.2) is 0 Å². The molecule has 5 heteroatoms. The molecule has 2 amide bonds. The number of morpholine rings is 1. The number of rotatable bonds is 4. The van der Waals surface area contributed by atoms with E-state index in [0.29, 0.717) is 6.54 Å². The molecule has 24 heavy (non-hydrogen) atoms. The maximum atomic E-state index is 12.2. The van der Waals surface area contributed by atoms with E-state index in [1.165, 1.54) is 5.69 Å². The lowest BCUT2D eigenvalue weighted by Gasteiger charge is -2.29. The van der Waals surface area contributed by atoms with Gasteiger partial charge in [-0.3, -0.25) is 0 Å². The molecule has 1 aliphatic heterocycles. The second kappa shape index (κ2) is 7.84. The van der Waals surface area contributed by atoms with E-state index in [1.54, 1.807) is 11.9 Å². The summed E-state index contributed by atoms with van der Waals surface area (Å²) in [6.07, 6.45) is 0. The zero-order valence-corrected chi connectivity index (χ0v) is 13.9. The van der Waals surface area contributed by atoms with Crippen LogP contribution < -0.4 is 10.2 Å². The Labute approximate surface area is 142 Å². The number of benzene rings is 2. The summed E-state index contributed by atoms with van der Waals surface area (Å²) >= 11 is 0. The minimum Gasteiger partial charge on any atom is -0.378 e. The average molecular weight is 325 g/mol. The molecule has 1 N–H and O–H groups in total. The third kappa shape index (κ3) is 4.26. The lowest BCUT2D eigenvalue weighted by molar-refractivity contribution is 0.122. The topological polar surface area (TPSA) is 44.8 Å². The molecule has 3 rings (SSSR count). The monoisotopic (exact) mass is 325 g/mol. The highest BCUT2D eigenvalue weighted by Crippen LogP contribution is 2.17. The van der Waals surface area contributed by atoms with E-state index in [1.807, 2.05) is 30.3 Å². The Bertz CT molecular complexity index is 652. The minimum absolute atomic E-state index is 0.113. The van der Waals surface area contributed by atoms with Crippen LogP contribution in [-0.4, -0.2) is 44.3 Å². The summed E-state index contributed by atoms with van der Waals surface area (Å²) in [4.78, 5) is 16.2. The van der Waals surface area contributed by atoms with Crippen molar-refractivity contribution in [2.75, 3.05) is 43.6 Å². The van der Waals surface area contributed by atoms with Gasteiger partial charge in [-0.05, 0) is 29.8 Å². The van der Waals surface area contributed by atoms with Gasteiger partial charge >= 0.3 is 6.03 Å². The maximum Gasteiger partial charge on any atom is 0.321 e. The van der Waals surface area contributed by atoms with Gasteiger partial charge in [0.1, 0.15) is 0 Å². The van der Waals surface area contributed by atoms with Crippen LogP contribution in [0.25, 0.3) is 0 Å². The summed E-state index contributed by atoms with van der Waals surface area (Å²) < 4.78 is 5.38. The lowest BCUT2D eigenvalue weighted by atomic mass is 10.2. The van der Waals surface area contributed by atoms with Gasteiger partial charge < -0.3 is 19.9 Å². The molecule has 1 aliphatic rings. The van der Waals surface area contributed by atoms with Gasteiger partial charge in [-0.2, -0.15) is 0 Å². The summed E-state index contributed by atoms with van der Waals surface area (Å²) in [5.41, 5.74) is 3.12. The van der Waals surface area contributed by atoms with Crippen LogP contribution in [0, 0.1) is 0 Å². The summed E-state index contributed by atoms with van der Waals surface area (Å²) in [5, 5.41) is 2.89. The van der Waals surface area contributed by atoms with E-state index in [2.05, 4.69) is 34.5 Å². The number of ether oxygens (including phenoxy) is 1. The molecule has 2 aromatic rings. The highest BCUT2D eigenvalue weighted by Gasteiger charge is 2.12. The van der Waals surface area contributed by atoms with Crippen molar-refractivity contribution < 1.29 is 9.53 Å². The number of urea groups is 1. The number of anilines is 2. The van der Waals surface area contributed by atoms with Crippen molar-refractivity contribution >= 4 is 17.4 Å². The van der Waals surface area contributed by atoms with Crippen molar-refractivity contribution in [3.05, 3.63) is 60.2 Å². The Morgan fingerprint density at radius 1 is 1.08 bits per heavy atom. The number of para-hydroxylation sites is 1. The maximum absolute atomic E-state index is 12.2. The molecular weight excluding hydrogens is 302 g/mol. The first-order valence-corrected chi connectivity index (χ1v) is 8.21. The van der Waals surface area contributed by atoms with E-state index in [4.69, 9.17) is 4.74 Å². The second-order valence-corrected chi connectivity index (χ2v) is 5.92. The fourth-order valence-electron chi connectivity index (χ4n) is 2.72. The Morgan fingerprint density at radius 3 is 2.42 bits per heavy atom. The van der Waals surface area contributed by atoms with Crippen LogP contribution in [0.2, 0.25) is 0 Å². The zero-order chi connectivity index (χ0) is 16.8.